The van der Waals surface area contributed by atoms with Gasteiger partial charge in [0.15, 0.2) is 5.13 Å². The van der Waals surface area contributed by atoms with Gasteiger partial charge < -0.3 is 4.74 Å². The Bertz CT molecular complexity index is 805. The molecule has 0 fully saturated rings. The molecule has 0 saturated heterocycles. The molecule has 0 radical (unpaired) electrons. The van der Waals surface area contributed by atoms with Gasteiger partial charge in [-0.25, -0.2) is 9.78 Å². The summed E-state index contributed by atoms with van der Waals surface area (Å²) in [6.45, 7) is 5.24. The van der Waals surface area contributed by atoms with Gasteiger partial charge in [0.2, 0.25) is 0 Å². The van der Waals surface area contributed by atoms with Crippen molar-refractivity contribution in [3.63, 3.8) is 0 Å². The number of rotatable bonds is 5. The number of amides is 1. The fourth-order valence-corrected chi connectivity index (χ4v) is 2.59. The van der Waals surface area contributed by atoms with Gasteiger partial charge in [-0.3, -0.25) is 10.1 Å². The van der Waals surface area contributed by atoms with Crippen molar-refractivity contribution in [2.75, 3.05) is 11.9 Å². The Morgan fingerprint density at radius 2 is 2.30 bits per heavy atom. The molecule has 1 N–H and O–H groups in total. The molecule has 0 aliphatic rings. The average molecular weight is 327 g/mol. The van der Waals surface area contributed by atoms with Gasteiger partial charge in [-0.1, -0.05) is 30.1 Å². The number of ether oxygens (including phenoxy) is 1. The summed E-state index contributed by atoms with van der Waals surface area (Å²) in [5.74, 6) is -0.909. The molecule has 0 spiro atoms. The van der Waals surface area contributed by atoms with E-state index in [2.05, 4.69) is 16.9 Å². The summed E-state index contributed by atoms with van der Waals surface area (Å²) in [7, 11) is 0. The highest BCUT2D eigenvalue weighted by Gasteiger charge is 2.18. The minimum atomic E-state index is -0.508. The van der Waals surface area contributed by atoms with Crippen LogP contribution in [0.5, 0.6) is 0 Å². The number of thiazole rings is 1. The Morgan fingerprint density at radius 3 is 3.00 bits per heavy atom. The van der Waals surface area contributed by atoms with E-state index in [0.717, 1.165) is 11.3 Å². The Morgan fingerprint density at radius 1 is 1.52 bits per heavy atom. The number of aryl methyl sites for hydroxylation is 1. The second-order valence-corrected chi connectivity index (χ2v) is 5.47. The van der Waals surface area contributed by atoms with Crippen molar-refractivity contribution < 1.29 is 14.3 Å². The maximum Gasteiger partial charge on any atom is 0.350 e. The van der Waals surface area contributed by atoms with Crippen LogP contribution in [0.4, 0.5) is 5.13 Å². The van der Waals surface area contributed by atoms with Gasteiger partial charge in [0.25, 0.3) is 5.91 Å². The average Bonchev–Trinajstić information content (AvgIpc) is 2.93. The van der Waals surface area contributed by atoms with E-state index in [4.69, 9.17) is 10.00 Å². The van der Waals surface area contributed by atoms with E-state index in [1.807, 2.05) is 6.07 Å². The molecule has 1 aromatic carbocycles. The fraction of sp³-hybridized carbons (Fsp3) is 0.125. The van der Waals surface area contributed by atoms with Crippen LogP contribution in [0, 0.1) is 18.3 Å². The van der Waals surface area contributed by atoms with Crippen molar-refractivity contribution >= 4 is 28.3 Å². The first-order valence-corrected chi connectivity index (χ1v) is 7.43. The van der Waals surface area contributed by atoms with Crippen LogP contribution in [-0.4, -0.2) is 23.5 Å². The number of aromatic nitrogens is 1. The second kappa shape index (κ2) is 7.33. The van der Waals surface area contributed by atoms with Gasteiger partial charge >= 0.3 is 5.97 Å². The summed E-state index contributed by atoms with van der Waals surface area (Å²) in [6, 6.07) is 8.28. The number of esters is 1. The Hall–Kier alpha value is -2.98. The van der Waals surface area contributed by atoms with Crippen LogP contribution >= 0.6 is 11.3 Å². The lowest BCUT2D eigenvalue weighted by molar-refractivity contribution is 0.0554. The molecule has 0 unspecified atom stereocenters. The van der Waals surface area contributed by atoms with Crippen LogP contribution in [-0.2, 0) is 4.74 Å². The van der Waals surface area contributed by atoms with Crippen LogP contribution in [0.25, 0.3) is 0 Å². The van der Waals surface area contributed by atoms with Crippen LogP contribution in [0.1, 0.15) is 31.3 Å². The standard InChI is InChI=1S/C16H13N3O3S/c1-3-7-22-15(21)13-10(2)18-16(23-13)19-14(20)12-6-4-5-11(8-12)9-17/h3-6,8H,1,7H2,2H3,(H,18,19,20). The van der Waals surface area contributed by atoms with E-state index in [1.165, 1.54) is 12.1 Å². The minimum Gasteiger partial charge on any atom is -0.457 e. The molecule has 23 heavy (non-hydrogen) atoms. The number of nitriles is 1. The molecular formula is C16H13N3O3S. The summed E-state index contributed by atoms with van der Waals surface area (Å²) in [6.07, 6.45) is 1.47. The highest BCUT2D eigenvalue weighted by molar-refractivity contribution is 7.17. The monoisotopic (exact) mass is 327 g/mol. The molecule has 6 nitrogen and oxygen atoms in total. The van der Waals surface area contributed by atoms with Gasteiger partial charge in [-0.15, -0.1) is 0 Å². The Balaban J connectivity index is 2.14. The molecule has 1 heterocycles. The van der Waals surface area contributed by atoms with Crippen LogP contribution in [0.15, 0.2) is 36.9 Å². The molecule has 116 valence electrons. The first-order valence-electron chi connectivity index (χ1n) is 6.62. The fourth-order valence-electron chi connectivity index (χ4n) is 1.74. The quantitative estimate of drug-likeness (QED) is 0.673. The second-order valence-electron chi connectivity index (χ2n) is 4.47. The van der Waals surface area contributed by atoms with Crippen LogP contribution in [0.2, 0.25) is 0 Å². The van der Waals surface area contributed by atoms with E-state index in [0.29, 0.717) is 26.8 Å². The molecule has 0 aliphatic carbocycles. The number of carbonyl (C=O) groups is 2. The lowest BCUT2D eigenvalue weighted by atomic mass is 10.1. The van der Waals surface area contributed by atoms with Crippen molar-refractivity contribution in [1.29, 1.82) is 5.26 Å². The third-order valence-electron chi connectivity index (χ3n) is 2.79. The number of nitrogens with one attached hydrogen (secondary N) is 1. The third-order valence-corrected chi connectivity index (χ3v) is 3.84. The van der Waals surface area contributed by atoms with Crippen molar-refractivity contribution in [1.82, 2.24) is 4.98 Å². The van der Waals surface area contributed by atoms with Gasteiger partial charge in [0.1, 0.15) is 11.5 Å². The molecular weight excluding hydrogens is 314 g/mol. The topological polar surface area (TPSA) is 92.1 Å². The molecule has 0 saturated carbocycles. The zero-order valence-electron chi connectivity index (χ0n) is 12.3. The predicted octanol–water partition coefficient (Wildman–Crippen LogP) is 2.92. The SMILES string of the molecule is C=CCOC(=O)c1sc(NC(=O)c2cccc(C#N)c2)nc1C. The van der Waals surface area contributed by atoms with E-state index < -0.39 is 11.9 Å². The van der Waals surface area contributed by atoms with Crippen molar-refractivity contribution in [2.24, 2.45) is 0 Å². The van der Waals surface area contributed by atoms with E-state index >= 15 is 0 Å². The van der Waals surface area contributed by atoms with E-state index in [9.17, 15) is 9.59 Å². The van der Waals surface area contributed by atoms with Gasteiger partial charge in [0, 0.05) is 5.56 Å². The zero-order chi connectivity index (χ0) is 16.8. The van der Waals surface area contributed by atoms with Crippen LogP contribution < -0.4 is 5.32 Å². The number of hydrogen-bond donors (Lipinski definition) is 1. The van der Waals surface area contributed by atoms with Gasteiger partial charge in [-0.05, 0) is 25.1 Å². The highest BCUT2D eigenvalue weighted by Crippen LogP contribution is 2.24. The molecule has 0 aliphatic heterocycles. The molecule has 1 aromatic heterocycles. The number of carbonyl (C=O) groups excluding carboxylic acids is 2. The third kappa shape index (κ3) is 4.02. The smallest absolute Gasteiger partial charge is 0.350 e. The first kappa shape index (κ1) is 16.4. The summed E-state index contributed by atoms with van der Waals surface area (Å²) >= 11 is 1.03. The molecule has 0 atom stereocenters. The maximum absolute atomic E-state index is 12.2. The van der Waals surface area contributed by atoms with E-state index in [-0.39, 0.29) is 6.61 Å². The predicted molar refractivity (Wildman–Crippen MR) is 86.4 cm³/mol. The van der Waals surface area contributed by atoms with E-state index in [1.54, 1.807) is 25.1 Å². The lowest BCUT2D eigenvalue weighted by Gasteiger charge is -2.01. The van der Waals surface area contributed by atoms with Crippen molar-refractivity contribution in [3.05, 3.63) is 58.6 Å². The summed E-state index contributed by atoms with van der Waals surface area (Å²) in [5, 5.41) is 11.8. The normalized spacial score (nSPS) is 9.74. The molecule has 0 bridgehead atoms. The summed E-state index contributed by atoms with van der Waals surface area (Å²) in [4.78, 5) is 28.5. The van der Waals surface area contributed by atoms with Gasteiger partial charge in [0.05, 0.1) is 17.3 Å². The molecule has 2 rings (SSSR count). The minimum absolute atomic E-state index is 0.110. The summed E-state index contributed by atoms with van der Waals surface area (Å²) in [5.41, 5.74) is 1.21. The maximum atomic E-state index is 12.2. The van der Waals surface area contributed by atoms with Crippen molar-refractivity contribution in [2.45, 2.75) is 6.92 Å². The number of nitrogens with zero attached hydrogens (tertiary/aromatic N) is 2. The zero-order valence-corrected chi connectivity index (χ0v) is 13.1. The lowest BCUT2D eigenvalue weighted by Crippen LogP contribution is -2.11. The number of benzene rings is 1. The molecule has 2 aromatic rings. The molecule has 1 amide bonds. The first-order chi connectivity index (χ1) is 11.0. The largest absolute Gasteiger partial charge is 0.457 e. The van der Waals surface area contributed by atoms with Crippen molar-refractivity contribution in [3.8, 4) is 6.07 Å². The highest BCUT2D eigenvalue weighted by atomic mass is 32.1. The number of anilines is 1. The van der Waals surface area contributed by atoms with Crippen LogP contribution in [0.3, 0.4) is 0 Å². The summed E-state index contributed by atoms with van der Waals surface area (Å²) < 4.78 is 4.96. The Kier molecular flexibility index (Phi) is 5.23. The molecule has 7 heteroatoms. The van der Waals surface area contributed by atoms with Gasteiger partial charge in [-0.2, -0.15) is 5.26 Å². The Labute approximate surface area is 137 Å². The number of hydrogen-bond acceptors (Lipinski definition) is 6.